The summed E-state index contributed by atoms with van der Waals surface area (Å²) < 4.78 is 26.3. The molecule has 6 heteroatoms. The van der Waals surface area contributed by atoms with Crippen LogP contribution < -0.4 is 5.32 Å². The minimum atomic E-state index is -0.685. The number of carbonyl (C=O) groups excluding carboxylic acids is 2. The highest BCUT2D eigenvalue weighted by molar-refractivity contribution is 5.88. The van der Waals surface area contributed by atoms with E-state index in [2.05, 4.69) is 5.32 Å². The zero-order chi connectivity index (χ0) is 20.5. The Kier molecular flexibility index (Phi) is 8.11. The quantitative estimate of drug-likeness (QED) is 0.664. The average molecular weight is 388 g/mol. The molecule has 28 heavy (non-hydrogen) atoms. The third kappa shape index (κ3) is 6.44. The zero-order valence-electron chi connectivity index (χ0n) is 16.3. The SMILES string of the molecule is CCCCNC(=O)[C@H](C)N(Cc1ccc(F)cc1)C(=O)Cc1ccc(F)cc1. The van der Waals surface area contributed by atoms with Crippen LogP contribution in [0.1, 0.15) is 37.8 Å². The third-order valence-electron chi connectivity index (χ3n) is 4.53. The highest BCUT2D eigenvalue weighted by Gasteiger charge is 2.26. The fourth-order valence-corrected chi connectivity index (χ4v) is 2.78. The molecule has 2 aromatic rings. The second kappa shape index (κ2) is 10.5. The molecule has 2 amide bonds. The van der Waals surface area contributed by atoms with Crippen LogP contribution in [0.2, 0.25) is 0 Å². The van der Waals surface area contributed by atoms with Gasteiger partial charge in [0.25, 0.3) is 0 Å². The molecule has 2 rings (SSSR count). The van der Waals surface area contributed by atoms with Gasteiger partial charge in [-0.3, -0.25) is 9.59 Å². The maximum absolute atomic E-state index is 13.2. The predicted molar refractivity (Wildman–Crippen MR) is 104 cm³/mol. The number of benzene rings is 2. The van der Waals surface area contributed by atoms with Gasteiger partial charge in [-0.05, 0) is 48.7 Å². The summed E-state index contributed by atoms with van der Waals surface area (Å²) in [4.78, 5) is 26.9. The van der Waals surface area contributed by atoms with Gasteiger partial charge in [-0.15, -0.1) is 0 Å². The molecule has 1 N–H and O–H groups in total. The largest absolute Gasteiger partial charge is 0.354 e. The molecule has 0 aliphatic rings. The Labute approximate surface area is 164 Å². The average Bonchev–Trinajstić information content (AvgIpc) is 2.68. The first-order valence-corrected chi connectivity index (χ1v) is 9.46. The van der Waals surface area contributed by atoms with Gasteiger partial charge in [0, 0.05) is 13.1 Å². The van der Waals surface area contributed by atoms with Gasteiger partial charge < -0.3 is 10.2 Å². The van der Waals surface area contributed by atoms with Crippen LogP contribution in [0.25, 0.3) is 0 Å². The summed E-state index contributed by atoms with van der Waals surface area (Å²) in [5.41, 5.74) is 1.39. The molecule has 0 aliphatic heterocycles. The minimum Gasteiger partial charge on any atom is -0.354 e. The summed E-state index contributed by atoms with van der Waals surface area (Å²) in [5, 5.41) is 2.84. The van der Waals surface area contributed by atoms with Gasteiger partial charge in [0.05, 0.1) is 6.42 Å². The lowest BCUT2D eigenvalue weighted by molar-refractivity contribution is -0.140. The number of hydrogen-bond acceptors (Lipinski definition) is 2. The molecule has 4 nitrogen and oxygen atoms in total. The second-order valence-electron chi connectivity index (χ2n) is 6.77. The molecular formula is C22H26F2N2O2. The monoisotopic (exact) mass is 388 g/mol. The fourth-order valence-electron chi connectivity index (χ4n) is 2.78. The minimum absolute atomic E-state index is 0.0497. The van der Waals surface area contributed by atoms with E-state index < -0.39 is 6.04 Å². The summed E-state index contributed by atoms with van der Waals surface area (Å²) >= 11 is 0. The molecule has 0 heterocycles. The van der Waals surface area contributed by atoms with Gasteiger partial charge in [-0.2, -0.15) is 0 Å². The first-order valence-electron chi connectivity index (χ1n) is 9.46. The van der Waals surface area contributed by atoms with Gasteiger partial charge in [0.15, 0.2) is 0 Å². The van der Waals surface area contributed by atoms with Crippen LogP contribution in [0.5, 0.6) is 0 Å². The fraction of sp³-hybridized carbons (Fsp3) is 0.364. The van der Waals surface area contributed by atoms with Crippen molar-refractivity contribution in [3.8, 4) is 0 Å². The molecule has 0 aromatic heterocycles. The van der Waals surface area contributed by atoms with Crippen molar-refractivity contribution in [1.29, 1.82) is 0 Å². The zero-order valence-corrected chi connectivity index (χ0v) is 16.3. The first-order chi connectivity index (χ1) is 13.4. The molecule has 1 atom stereocenters. The molecule has 0 fully saturated rings. The number of unbranched alkanes of at least 4 members (excludes halogenated alkanes) is 1. The topological polar surface area (TPSA) is 49.4 Å². The van der Waals surface area contributed by atoms with E-state index in [1.165, 1.54) is 29.2 Å². The summed E-state index contributed by atoms with van der Waals surface area (Å²) in [6.07, 6.45) is 1.87. The molecule has 0 unspecified atom stereocenters. The van der Waals surface area contributed by atoms with Gasteiger partial charge in [-0.25, -0.2) is 8.78 Å². The van der Waals surface area contributed by atoms with Gasteiger partial charge in [0.2, 0.25) is 11.8 Å². The van der Waals surface area contributed by atoms with Crippen molar-refractivity contribution in [2.75, 3.05) is 6.54 Å². The van der Waals surface area contributed by atoms with E-state index in [1.54, 1.807) is 31.2 Å². The lowest BCUT2D eigenvalue weighted by Crippen LogP contribution is -2.48. The van der Waals surface area contributed by atoms with Gasteiger partial charge >= 0.3 is 0 Å². The van der Waals surface area contributed by atoms with Gasteiger partial charge in [-0.1, -0.05) is 37.6 Å². The van der Waals surface area contributed by atoms with Crippen molar-refractivity contribution in [2.45, 2.75) is 45.7 Å². The number of carbonyl (C=O) groups is 2. The standard InChI is InChI=1S/C22H26F2N2O2/c1-3-4-13-25-22(28)16(2)26(15-18-7-11-20(24)12-8-18)21(27)14-17-5-9-19(23)10-6-17/h5-12,16H,3-4,13-15H2,1-2H3,(H,25,28)/t16-/m0/s1. The summed E-state index contributed by atoms with van der Waals surface area (Å²) in [7, 11) is 0. The van der Waals surface area contributed by atoms with Crippen molar-refractivity contribution < 1.29 is 18.4 Å². The number of halogens is 2. The van der Waals surface area contributed by atoms with E-state index in [4.69, 9.17) is 0 Å². The Bertz CT molecular complexity index is 776. The smallest absolute Gasteiger partial charge is 0.242 e. The van der Waals surface area contributed by atoms with Crippen molar-refractivity contribution in [3.63, 3.8) is 0 Å². The molecular weight excluding hydrogens is 362 g/mol. The number of nitrogens with one attached hydrogen (secondary N) is 1. The highest BCUT2D eigenvalue weighted by Crippen LogP contribution is 2.13. The van der Waals surface area contributed by atoms with Crippen LogP contribution in [0.4, 0.5) is 8.78 Å². The van der Waals surface area contributed by atoms with Crippen LogP contribution in [0.15, 0.2) is 48.5 Å². The third-order valence-corrected chi connectivity index (χ3v) is 4.53. The van der Waals surface area contributed by atoms with Crippen molar-refractivity contribution in [3.05, 3.63) is 71.3 Å². The van der Waals surface area contributed by atoms with Crippen molar-refractivity contribution >= 4 is 11.8 Å². The summed E-state index contributed by atoms with van der Waals surface area (Å²) in [6.45, 7) is 4.44. The lowest BCUT2D eigenvalue weighted by Gasteiger charge is -2.29. The van der Waals surface area contributed by atoms with E-state index in [0.29, 0.717) is 12.1 Å². The number of rotatable bonds is 9. The number of amides is 2. The van der Waals surface area contributed by atoms with Crippen LogP contribution >= 0.6 is 0 Å². The van der Waals surface area contributed by atoms with E-state index >= 15 is 0 Å². The Morgan fingerprint density at radius 1 is 0.964 bits per heavy atom. The molecule has 0 saturated heterocycles. The normalized spacial score (nSPS) is 11.7. The summed E-state index contributed by atoms with van der Waals surface area (Å²) in [5.74, 6) is -1.22. The van der Waals surface area contributed by atoms with Crippen LogP contribution in [-0.2, 0) is 22.6 Å². The van der Waals surface area contributed by atoms with Crippen LogP contribution in [-0.4, -0.2) is 29.3 Å². The summed E-state index contributed by atoms with van der Waals surface area (Å²) in [6, 6.07) is 10.8. The van der Waals surface area contributed by atoms with Gasteiger partial charge in [0.1, 0.15) is 17.7 Å². The van der Waals surface area contributed by atoms with Crippen molar-refractivity contribution in [2.24, 2.45) is 0 Å². The number of nitrogens with zero attached hydrogens (tertiary/aromatic N) is 1. The van der Waals surface area contributed by atoms with Crippen LogP contribution in [0.3, 0.4) is 0 Å². The Hall–Kier alpha value is -2.76. The number of hydrogen-bond donors (Lipinski definition) is 1. The first kappa shape index (κ1) is 21.5. The molecule has 150 valence electrons. The predicted octanol–water partition coefficient (Wildman–Crippen LogP) is 3.84. The molecule has 2 aromatic carbocycles. The maximum atomic E-state index is 13.2. The van der Waals surface area contributed by atoms with E-state index in [9.17, 15) is 18.4 Å². The van der Waals surface area contributed by atoms with Crippen LogP contribution in [0, 0.1) is 11.6 Å². The lowest BCUT2D eigenvalue weighted by atomic mass is 10.1. The Morgan fingerprint density at radius 3 is 2.04 bits per heavy atom. The van der Waals surface area contributed by atoms with E-state index in [0.717, 1.165) is 18.4 Å². The maximum Gasteiger partial charge on any atom is 0.242 e. The Morgan fingerprint density at radius 2 is 1.50 bits per heavy atom. The molecule has 0 bridgehead atoms. The van der Waals surface area contributed by atoms with Crippen molar-refractivity contribution in [1.82, 2.24) is 10.2 Å². The van der Waals surface area contributed by atoms with E-state index in [1.807, 2.05) is 6.92 Å². The highest BCUT2D eigenvalue weighted by atomic mass is 19.1. The van der Waals surface area contributed by atoms with E-state index in [-0.39, 0.29) is 36.4 Å². The molecule has 0 spiro atoms. The molecule has 0 aliphatic carbocycles. The molecule has 0 saturated carbocycles. The Balaban J connectivity index is 2.15. The second-order valence-corrected chi connectivity index (χ2v) is 6.77. The molecule has 0 radical (unpaired) electrons.